The molecule has 5 saturated carbocycles. The van der Waals surface area contributed by atoms with Gasteiger partial charge in [0.05, 0.1) is 35.3 Å². The molecule has 0 amide bonds. The molecular weight excluding hydrogens is 468 g/mol. The lowest BCUT2D eigenvalue weighted by Crippen LogP contribution is -2.59. The Bertz CT molecular complexity index is 915. The van der Waals surface area contributed by atoms with Gasteiger partial charge in [0, 0.05) is 5.41 Å². The molecule has 36 heavy (non-hydrogen) atoms. The Hall–Kier alpha value is 0.190. The molecule has 0 aromatic heterocycles. The summed E-state index contributed by atoms with van der Waals surface area (Å²) in [5.74, 6) is 1.97. The standard InChI is InChI=1S/C31H52O4S/c1-17-15-18(25(36-8)27(4,5)34)35-23-22(17)28(6)13-14-31-16-30(31)12-11-21(32)26(2,3)19(30)9-10-20(31)29(28,7)24(23)33/h17-25,32-34H,9-16H2,1-8H3/t17-,18?,19+,20?,21?,22+,23?,24+,25?,28?,29-,30?,31?/m1/s1. The van der Waals surface area contributed by atoms with Crippen molar-refractivity contribution < 1.29 is 20.1 Å². The number of hydrogen-bond acceptors (Lipinski definition) is 5. The van der Waals surface area contributed by atoms with Crippen LogP contribution in [0, 0.1) is 50.7 Å². The molecule has 3 N–H and O–H groups in total. The average Bonchev–Trinajstić information content (AvgIpc) is 3.41. The predicted molar refractivity (Wildman–Crippen MR) is 146 cm³/mol. The molecule has 6 rings (SSSR count). The van der Waals surface area contributed by atoms with Gasteiger partial charge in [-0.2, -0.15) is 11.8 Å². The molecule has 5 heteroatoms. The maximum atomic E-state index is 12.3. The van der Waals surface area contributed by atoms with E-state index < -0.39 is 11.7 Å². The Morgan fingerprint density at radius 2 is 1.58 bits per heavy atom. The molecule has 0 radical (unpaired) electrons. The first kappa shape index (κ1) is 26.4. The van der Waals surface area contributed by atoms with Gasteiger partial charge < -0.3 is 20.1 Å². The Morgan fingerprint density at radius 1 is 0.944 bits per heavy atom. The van der Waals surface area contributed by atoms with E-state index in [1.165, 1.54) is 38.5 Å². The molecule has 6 aliphatic rings. The lowest BCUT2D eigenvalue weighted by Gasteiger charge is -2.63. The molecule has 1 aliphatic heterocycles. The third-order valence-electron chi connectivity index (χ3n) is 14.1. The van der Waals surface area contributed by atoms with Gasteiger partial charge in [0.25, 0.3) is 0 Å². The maximum absolute atomic E-state index is 12.3. The summed E-state index contributed by atoms with van der Waals surface area (Å²) < 4.78 is 6.91. The van der Waals surface area contributed by atoms with Crippen molar-refractivity contribution in [1.82, 2.24) is 0 Å². The molecule has 0 bridgehead atoms. The fourth-order valence-corrected chi connectivity index (χ4v) is 13.5. The van der Waals surface area contributed by atoms with E-state index in [0.717, 1.165) is 12.8 Å². The molecule has 8 unspecified atom stereocenters. The van der Waals surface area contributed by atoms with E-state index in [9.17, 15) is 15.3 Å². The highest BCUT2D eigenvalue weighted by Crippen LogP contribution is 2.89. The summed E-state index contributed by atoms with van der Waals surface area (Å²) in [5.41, 5.74) is -0.194. The molecular formula is C31H52O4S. The van der Waals surface area contributed by atoms with E-state index in [-0.39, 0.29) is 39.8 Å². The minimum atomic E-state index is -0.818. The van der Waals surface area contributed by atoms with Crippen LogP contribution >= 0.6 is 11.8 Å². The number of aliphatic hydroxyl groups excluding tert-OH is 2. The number of hydrogen-bond donors (Lipinski definition) is 3. The zero-order valence-electron chi connectivity index (χ0n) is 24.0. The van der Waals surface area contributed by atoms with Crippen LogP contribution in [0.3, 0.4) is 0 Å². The zero-order chi connectivity index (χ0) is 26.3. The quantitative estimate of drug-likeness (QED) is 0.448. The van der Waals surface area contributed by atoms with E-state index in [4.69, 9.17) is 4.74 Å². The second-order valence-electron chi connectivity index (χ2n) is 15.9. The molecule has 0 aromatic rings. The fraction of sp³-hybridized carbons (Fsp3) is 1.00. The van der Waals surface area contributed by atoms with Crippen molar-refractivity contribution in [2.45, 2.75) is 135 Å². The van der Waals surface area contributed by atoms with E-state index >= 15 is 0 Å². The van der Waals surface area contributed by atoms with Gasteiger partial charge >= 0.3 is 0 Å². The number of fused-ring (bicyclic) bond motifs is 4. The highest BCUT2D eigenvalue weighted by molar-refractivity contribution is 7.99. The zero-order valence-corrected chi connectivity index (χ0v) is 24.8. The second-order valence-corrected chi connectivity index (χ2v) is 16.9. The number of thioether (sulfide) groups is 1. The summed E-state index contributed by atoms with van der Waals surface area (Å²) in [7, 11) is 0. The Balaban J connectivity index is 1.36. The van der Waals surface area contributed by atoms with E-state index in [1.807, 2.05) is 13.8 Å². The number of ether oxygens (including phenoxy) is 1. The minimum absolute atomic E-state index is 0.000667. The molecule has 2 spiro atoms. The normalized spacial score (nSPS) is 58.1. The van der Waals surface area contributed by atoms with Gasteiger partial charge in [-0.25, -0.2) is 0 Å². The Labute approximate surface area is 223 Å². The summed E-state index contributed by atoms with van der Waals surface area (Å²) in [6, 6.07) is 0. The first-order valence-corrected chi connectivity index (χ1v) is 16.2. The van der Waals surface area contributed by atoms with Gasteiger partial charge in [-0.3, -0.25) is 0 Å². The molecule has 4 nitrogen and oxygen atoms in total. The van der Waals surface area contributed by atoms with Gasteiger partial charge in [0.15, 0.2) is 0 Å². The second kappa shape index (κ2) is 7.68. The summed E-state index contributed by atoms with van der Waals surface area (Å²) in [6.07, 6.45) is 10.5. The van der Waals surface area contributed by atoms with Crippen molar-refractivity contribution in [3.05, 3.63) is 0 Å². The molecule has 1 saturated heterocycles. The van der Waals surface area contributed by atoms with Crippen LogP contribution in [-0.4, -0.2) is 56.8 Å². The molecule has 13 atom stereocenters. The minimum Gasteiger partial charge on any atom is -0.393 e. The predicted octanol–water partition coefficient (Wildman–Crippen LogP) is 5.66. The highest BCUT2D eigenvalue weighted by Gasteiger charge is 2.84. The Kier molecular flexibility index (Phi) is 5.63. The van der Waals surface area contributed by atoms with Crippen LogP contribution in [0.15, 0.2) is 0 Å². The molecule has 6 fully saturated rings. The van der Waals surface area contributed by atoms with E-state index in [0.29, 0.717) is 34.5 Å². The summed E-state index contributed by atoms with van der Waals surface area (Å²) >= 11 is 1.70. The SMILES string of the molecule is CSC(C1C[C@@H](C)[C@H]2C(O1)[C@H](O)[C@@]1(C)C3CC[C@H]4C(C)(C)C(O)CCC45CC35CCC21C)C(C)(C)O. The van der Waals surface area contributed by atoms with Crippen LogP contribution < -0.4 is 0 Å². The molecule has 206 valence electrons. The lowest BCUT2D eigenvalue weighted by atomic mass is 9.41. The van der Waals surface area contributed by atoms with Crippen LogP contribution in [0.5, 0.6) is 0 Å². The first-order chi connectivity index (χ1) is 16.6. The molecule has 1 heterocycles. The van der Waals surface area contributed by atoms with Crippen LogP contribution in [-0.2, 0) is 4.74 Å². The van der Waals surface area contributed by atoms with E-state index in [2.05, 4.69) is 40.9 Å². The smallest absolute Gasteiger partial charge is 0.0879 e. The van der Waals surface area contributed by atoms with Gasteiger partial charge in [0.2, 0.25) is 0 Å². The first-order valence-electron chi connectivity index (χ1n) is 14.9. The molecule has 5 aliphatic carbocycles. The summed E-state index contributed by atoms with van der Waals surface area (Å²) in [6.45, 7) is 15.8. The largest absolute Gasteiger partial charge is 0.393 e. The van der Waals surface area contributed by atoms with Crippen molar-refractivity contribution >= 4 is 11.8 Å². The van der Waals surface area contributed by atoms with Crippen molar-refractivity contribution in [3.8, 4) is 0 Å². The van der Waals surface area contributed by atoms with Crippen LogP contribution in [0.4, 0.5) is 0 Å². The van der Waals surface area contributed by atoms with Gasteiger partial charge in [0.1, 0.15) is 0 Å². The fourth-order valence-electron chi connectivity index (χ4n) is 12.4. The van der Waals surface area contributed by atoms with E-state index in [1.54, 1.807) is 11.8 Å². The highest BCUT2D eigenvalue weighted by atomic mass is 32.2. The topological polar surface area (TPSA) is 69.9 Å². The van der Waals surface area contributed by atoms with Crippen molar-refractivity contribution in [1.29, 1.82) is 0 Å². The van der Waals surface area contributed by atoms with Gasteiger partial charge in [-0.15, -0.1) is 0 Å². The van der Waals surface area contributed by atoms with Gasteiger partial charge in [-0.1, -0.05) is 34.6 Å². The van der Waals surface area contributed by atoms with Crippen LogP contribution in [0.1, 0.15) is 99.8 Å². The third-order valence-corrected chi connectivity index (χ3v) is 15.5. The van der Waals surface area contributed by atoms with Crippen molar-refractivity contribution in [2.75, 3.05) is 6.26 Å². The number of rotatable bonds is 3. The summed E-state index contributed by atoms with van der Waals surface area (Å²) in [5, 5.41) is 34.2. The third kappa shape index (κ3) is 2.89. The Morgan fingerprint density at radius 3 is 2.22 bits per heavy atom. The van der Waals surface area contributed by atoms with Crippen LogP contribution in [0.25, 0.3) is 0 Å². The summed E-state index contributed by atoms with van der Waals surface area (Å²) in [4.78, 5) is 0. The van der Waals surface area contributed by atoms with Gasteiger partial charge in [-0.05, 0) is 117 Å². The van der Waals surface area contributed by atoms with Crippen LogP contribution in [0.2, 0.25) is 0 Å². The van der Waals surface area contributed by atoms with Crippen molar-refractivity contribution in [3.63, 3.8) is 0 Å². The monoisotopic (exact) mass is 520 g/mol. The number of aliphatic hydroxyl groups is 3. The molecule has 0 aromatic carbocycles. The average molecular weight is 521 g/mol. The maximum Gasteiger partial charge on any atom is 0.0879 e. The van der Waals surface area contributed by atoms with Crippen molar-refractivity contribution in [2.24, 2.45) is 50.7 Å². The lowest BCUT2D eigenvalue weighted by molar-refractivity contribution is -0.182.